The molecule has 130 valence electrons. The molecule has 4 aromatic rings. The number of thiazole rings is 1. The minimum absolute atomic E-state index is 0.614. The lowest BCUT2D eigenvalue weighted by Crippen LogP contribution is -2.07. The fraction of sp³-hybridized carbons (Fsp3) is 0.158. The van der Waals surface area contributed by atoms with Crippen LogP contribution < -0.4 is 5.32 Å². The number of hydrogen-bond acceptors (Lipinski definition) is 6. The lowest BCUT2D eigenvalue weighted by atomic mass is 10.2. The largest absolute Gasteiger partial charge is 0.348 e. The molecule has 0 unspecified atom stereocenters. The summed E-state index contributed by atoms with van der Waals surface area (Å²) in [5.74, 6) is 0.614. The monoisotopic (exact) mass is 362 g/mol. The molecule has 1 N–H and O–H groups in total. The fourth-order valence-corrected chi connectivity index (χ4v) is 3.62. The third kappa shape index (κ3) is 3.34. The summed E-state index contributed by atoms with van der Waals surface area (Å²) < 4.78 is 1.70. The first-order valence-corrected chi connectivity index (χ1v) is 9.13. The van der Waals surface area contributed by atoms with Crippen molar-refractivity contribution >= 4 is 17.3 Å². The molecular weight excluding hydrogens is 344 g/mol. The van der Waals surface area contributed by atoms with Crippen LogP contribution in [0.5, 0.6) is 0 Å². The maximum atomic E-state index is 4.69. The van der Waals surface area contributed by atoms with Gasteiger partial charge in [-0.2, -0.15) is 4.68 Å². The standard InChI is InChI=1S/C19H18N6S/c1-13-8-10-16(11-9-13)25-19(22-23-24-25)20-12-17-14(2)21-18(26-17)15-6-4-3-5-7-15/h3-11H,12H2,1-2H3,(H,20,22,24). The molecule has 4 rings (SSSR count). The molecule has 0 amide bonds. The molecule has 0 spiro atoms. The number of nitrogens with one attached hydrogen (secondary N) is 1. The molecule has 2 aromatic carbocycles. The van der Waals surface area contributed by atoms with Gasteiger partial charge in [0.15, 0.2) is 0 Å². The quantitative estimate of drug-likeness (QED) is 0.581. The van der Waals surface area contributed by atoms with E-state index in [0.29, 0.717) is 12.5 Å². The van der Waals surface area contributed by atoms with Gasteiger partial charge < -0.3 is 5.32 Å². The van der Waals surface area contributed by atoms with Crippen LogP contribution in [-0.2, 0) is 6.54 Å². The Morgan fingerprint density at radius 1 is 1.00 bits per heavy atom. The zero-order valence-electron chi connectivity index (χ0n) is 14.5. The van der Waals surface area contributed by atoms with Gasteiger partial charge in [-0.25, -0.2) is 4.98 Å². The summed E-state index contributed by atoms with van der Waals surface area (Å²) in [4.78, 5) is 5.86. The Labute approximate surface area is 155 Å². The topological polar surface area (TPSA) is 68.5 Å². The first-order valence-electron chi connectivity index (χ1n) is 8.32. The average molecular weight is 362 g/mol. The third-order valence-corrected chi connectivity index (χ3v) is 5.27. The Hall–Kier alpha value is -3.06. The van der Waals surface area contributed by atoms with Crippen molar-refractivity contribution in [3.05, 3.63) is 70.7 Å². The van der Waals surface area contributed by atoms with Crippen molar-refractivity contribution in [2.45, 2.75) is 20.4 Å². The van der Waals surface area contributed by atoms with Crippen molar-refractivity contribution in [3.63, 3.8) is 0 Å². The molecule has 0 aliphatic carbocycles. The van der Waals surface area contributed by atoms with E-state index in [0.717, 1.165) is 22.0 Å². The van der Waals surface area contributed by atoms with Crippen molar-refractivity contribution in [2.24, 2.45) is 0 Å². The number of rotatable bonds is 5. The predicted octanol–water partition coefficient (Wildman–Crippen LogP) is 4.01. The number of aromatic nitrogens is 5. The maximum absolute atomic E-state index is 4.69. The van der Waals surface area contributed by atoms with Crippen LogP contribution in [0.2, 0.25) is 0 Å². The molecule has 2 heterocycles. The highest BCUT2D eigenvalue weighted by atomic mass is 32.1. The van der Waals surface area contributed by atoms with E-state index in [1.807, 2.05) is 49.4 Å². The van der Waals surface area contributed by atoms with Crippen LogP contribution in [0.4, 0.5) is 5.95 Å². The zero-order chi connectivity index (χ0) is 17.9. The van der Waals surface area contributed by atoms with Gasteiger partial charge in [-0.1, -0.05) is 53.1 Å². The second kappa shape index (κ2) is 7.05. The summed E-state index contributed by atoms with van der Waals surface area (Å²) in [5.41, 5.74) is 4.28. The van der Waals surface area contributed by atoms with E-state index in [4.69, 9.17) is 4.98 Å². The van der Waals surface area contributed by atoms with Gasteiger partial charge in [0.05, 0.1) is 17.9 Å². The van der Waals surface area contributed by atoms with Crippen molar-refractivity contribution < 1.29 is 0 Å². The van der Waals surface area contributed by atoms with E-state index in [-0.39, 0.29) is 0 Å². The molecular formula is C19H18N6S. The first kappa shape index (κ1) is 16.4. The van der Waals surface area contributed by atoms with Crippen molar-refractivity contribution in [1.82, 2.24) is 25.2 Å². The number of hydrogen-bond donors (Lipinski definition) is 1. The summed E-state index contributed by atoms with van der Waals surface area (Å²) in [7, 11) is 0. The lowest BCUT2D eigenvalue weighted by molar-refractivity contribution is 0.789. The number of aryl methyl sites for hydroxylation is 2. The lowest BCUT2D eigenvalue weighted by Gasteiger charge is -2.06. The van der Waals surface area contributed by atoms with Gasteiger partial charge in [-0.05, 0) is 36.4 Å². The van der Waals surface area contributed by atoms with Crippen LogP contribution in [0.3, 0.4) is 0 Å². The molecule has 0 radical (unpaired) electrons. The van der Waals surface area contributed by atoms with E-state index in [1.54, 1.807) is 16.0 Å². The number of tetrazole rings is 1. The van der Waals surface area contributed by atoms with Crippen LogP contribution in [0.15, 0.2) is 54.6 Å². The van der Waals surface area contributed by atoms with E-state index >= 15 is 0 Å². The van der Waals surface area contributed by atoms with Crippen LogP contribution in [0.1, 0.15) is 16.1 Å². The molecule has 0 fully saturated rings. The second-order valence-corrected chi connectivity index (χ2v) is 7.08. The van der Waals surface area contributed by atoms with Crippen LogP contribution >= 0.6 is 11.3 Å². The van der Waals surface area contributed by atoms with Crippen LogP contribution in [0.25, 0.3) is 16.3 Å². The van der Waals surface area contributed by atoms with Gasteiger partial charge in [0, 0.05) is 10.4 Å². The Kier molecular flexibility index (Phi) is 4.45. The van der Waals surface area contributed by atoms with Crippen molar-refractivity contribution in [3.8, 4) is 16.3 Å². The highest BCUT2D eigenvalue weighted by molar-refractivity contribution is 7.15. The van der Waals surface area contributed by atoms with Gasteiger partial charge >= 0.3 is 0 Å². The molecule has 0 bridgehead atoms. The molecule has 7 heteroatoms. The van der Waals surface area contributed by atoms with Crippen molar-refractivity contribution in [1.29, 1.82) is 0 Å². The maximum Gasteiger partial charge on any atom is 0.248 e. The summed E-state index contributed by atoms with van der Waals surface area (Å²) in [6.07, 6.45) is 0. The van der Waals surface area contributed by atoms with Crippen molar-refractivity contribution in [2.75, 3.05) is 5.32 Å². The minimum Gasteiger partial charge on any atom is -0.348 e. The SMILES string of the molecule is Cc1ccc(-n2nnnc2NCc2sc(-c3ccccc3)nc2C)cc1. The minimum atomic E-state index is 0.614. The molecule has 2 aromatic heterocycles. The van der Waals surface area contributed by atoms with Gasteiger partial charge in [0.25, 0.3) is 0 Å². The Balaban J connectivity index is 1.53. The normalized spacial score (nSPS) is 10.8. The highest BCUT2D eigenvalue weighted by Gasteiger charge is 2.12. The van der Waals surface area contributed by atoms with Gasteiger partial charge in [0.1, 0.15) is 5.01 Å². The predicted molar refractivity (Wildman–Crippen MR) is 104 cm³/mol. The van der Waals surface area contributed by atoms with Gasteiger partial charge in [-0.15, -0.1) is 11.3 Å². The molecule has 26 heavy (non-hydrogen) atoms. The molecule has 6 nitrogen and oxygen atoms in total. The van der Waals surface area contributed by atoms with E-state index < -0.39 is 0 Å². The molecule has 0 aliphatic heterocycles. The van der Waals surface area contributed by atoms with E-state index in [1.165, 1.54) is 10.4 Å². The van der Waals surface area contributed by atoms with E-state index in [2.05, 4.69) is 39.9 Å². The summed E-state index contributed by atoms with van der Waals surface area (Å²) in [6.45, 7) is 4.71. The fourth-order valence-electron chi connectivity index (χ4n) is 2.61. The van der Waals surface area contributed by atoms with Crippen LogP contribution in [0, 0.1) is 13.8 Å². The Morgan fingerprint density at radius 2 is 1.77 bits per heavy atom. The molecule has 0 saturated carbocycles. The summed E-state index contributed by atoms with van der Waals surface area (Å²) in [6, 6.07) is 18.3. The average Bonchev–Trinajstić information content (AvgIpc) is 3.28. The van der Waals surface area contributed by atoms with Crippen LogP contribution in [-0.4, -0.2) is 25.2 Å². The Morgan fingerprint density at radius 3 is 2.54 bits per heavy atom. The van der Waals surface area contributed by atoms with Gasteiger partial charge in [0.2, 0.25) is 5.95 Å². The summed E-state index contributed by atoms with van der Waals surface area (Å²) in [5, 5.41) is 16.3. The molecule has 0 aliphatic rings. The highest BCUT2D eigenvalue weighted by Crippen LogP contribution is 2.28. The molecule has 0 saturated heterocycles. The number of benzene rings is 2. The smallest absolute Gasteiger partial charge is 0.248 e. The molecule has 0 atom stereocenters. The Bertz CT molecular complexity index is 1000. The third-order valence-electron chi connectivity index (χ3n) is 4.07. The van der Waals surface area contributed by atoms with E-state index in [9.17, 15) is 0 Å². The second-order valence-electron chi connectivity index (χ2n) is 6.00. The zero-order valence-corrected chi connectivity index (χ0v) is 15.4. The van der Waals surface area contributed by atoms with Gasteiger partial charge in [-0.3, -0.25) is 0 Å². The number of anilines is 1. The number of nitrogens with zero attached hydrogens (tertiary/aromatic N) is 5. The first-order chi connectivity index (χ1) is 12.7. The summed E-state index contributed by atoms with van der Waals surface area (Å²) >= 11 is 1.69.